The van der Waals surface area contributed by atoms with Gasteiger partial charge in [0.05, 0.1) is 9.88 Å². The van der Waals surface area contributed by atoms with Crippen LogP contribution in [0, 0.1) is 0 Å². The highest BCUT2D eigenvalue weighted by Gasteiger charge is 2.22. The Morgan fingerprint density at radius 1 is 1.24 bits per heavy atom. The van der Waals surface area contributed by atoms with Crippen LogP contribution in [0.1, 0.15) is 32.2 Å². The Labute approximate surface area is 111 Å². The SMILES string of the molecule is CCC(C)(C)c1ncc(-c2ccc(Cl)cc2)s1. The fourth-order valence-electron chi connectivity index (χ4n) is 1.49. The lowest BCUT2D eigenvalue weighted by molar-refractivity contribution is 0.503. The van der Waals surface area contributed by atoms with Crippen LogP contribution in [0.25, 0.3) is 10.4 Å². The van der Waals surface area contributed by atoms with Crippen LogP contribution in [0.15, 0.2) is 30.5 Å². The number of thiazole rings is 1. The number of hydrogen-bond donors (Lipinski definition) is 0. The minimum absolute atomic E-state index is 0.162. The van der Waals surface area contributed by atoms with Crippen LogP contribution in [0.4, 0.5) is 0 Å². The smallest absolute Gasteiger partial charge is 0.0987 e. The highest BCUT2D eigenvalue weighted by molar-refractivity contribution is 7.15. The number of benzene rings is 1. The summed E-state index contributed by atoms with van der Waals surface area (Å²) < 4.78 is 0. The van der Waals surface area contributed by atoms with Crippen molar-refractivity contribution in [3.05, 3.63) is 40.5 Å². The molecule has 0 saturated carbocycles. The second-order valence-electron chi connectivity index (χ2n) is 4.77. The van der Waals surface area contributed by atoms with E-state index in [0.29, 0.717) is 0 Å². The molecule has 0 N–H and O–H groups in total. The van der Waals surface area contributed by atoms with Crippen molar-refractivity contribution in [3.63, 3.8) is 0 Å². The van der Waals surface area contributed by atoms with Crippen LogP contribution in [0.5, 0.6) is 0 Å². The second kappa shape index (κ2) is 4.79. The molecule has 1 heterocycles. The summed E-state index contributed by atoms with van der Waals surface area (Å²) in [6.45, 7) is 6.66. The molecule has 17 heavy (non-hydrogen) atoms. The molecule has 90 valence electrons. The first-order chi connectivity index (χ1) is 8.03. The van der Waals surface area contributed by atoms with Crippen molar-refractivity contribution in [2.45, 2.75) is 32.6 Å². The quantitative estimate of drug-likeness (QED) is 0.748. The molecule has 0 aliphatic heterocycles. The Morgan fingerprint density at radius 2 is 1.88 bits per heavy atom. The van der Waals surface area contributed by atoms with Crippen LogP contribution in [-0.4, -0.2) is 4.98 Å². The molecule has 0 spiro atoms. The molecule has 1 nitrogen and oxygen atoms in total. The summed E-state index contributed by atoms with van der Waals surface area (Å²) in [7, 11) is 0. The number of nitrogens with zero attached hydrogens (tertiary/aromatic N) is 1. The van der Waals surface area contributed by atoms with Crippen LogP contribution >= 0.6 is 22.9 Å². The van der Waals surface area contributed by atoms with Gasteiger partial charge < -0.3 is 0 Å². The molecule has 0 radical (unpaired) electrons. The third kappa shape index (κ3) is 2.70. The third-order valence-corrected chi connectivity index (χ3v) is 4.76. The average Bonchev–Trinajstić information content (AvgIpc) is 2.80. The third-order valence-electron chi connectivity index (χ3n) is 3.10. The van der Waals surface area contributed by atoms with Gasteiger partial charge in [-0.1, -0.05) is 44.5 Å². The zero-order chi connectivity index (χ0) is 12.5. The van der Waals surface area contributed by atoms with Crippen molar-refractivity contribution in [1.29, 1.82) is 0 Å². The molecule has 0 bridgehead atoms. The highest BCUT2D eigenvalue weighted by atomic mass is 35.5. The predicted molar refractivity (Wildman–Crippen MR) is 75.9 cm³/mol. The van der Waals surface area contributed by atoms with Crippen LogP contribution in [0.2, 0.25) is 5.02 Å². The maximum absolute atomic E-state index is 5.89. The monoisotopic (exact) mass is 265 g/mol. The van der Waals surface area contributed by atoms with E-state index in [0.717, 1.165) is 11.4 Å². The van der Waals surface area contributed by atoms with E-state index in [-0.39, 0.29) is 5.41 Å². The van der Waals surface area contributed by atoms with E-state index in [4.69, 9.17) is 11.6 Å². The molecule has 0 atom stereocenters. The van der Waals surface area contributed by atoms with Gasteiger partial charge in [-0.05, 0) is 24.1 Å². The molecular weight excluding hydrogens is 250 g/mol. The molecule has 0 aliphatic carbocycles. The summed E-state index contributed by atoms with van der Waals surface area (Å²) in [6.07, 6.45) is 3.06. The average molecular weight is 266 g/mol. The van der Waals surface area contributed by atoms with Crippen LogP contribution < -0.4 is 0 Å². The zero-order valence-electron chi connectivity index (χ0n) is 10.3. The number of aromatic nitrogens is 1. The summed E-state index contributed by atoms with van der Waals surface area (Å²) in [5.41, 5.74) is 1.35. The van der Waals surface area contributed by atoms with E-state index in [1.54, 1.807) is 11.3 Å². The van der Waals surface area contributed by atoms with Crippen molar-refractivity contribution < 1.29 is 0 Å². The number of halogens is 1. The van der Waals surface area contributed by atoms with Gasteiger partial charge in [0.1, 0.15) is 0 Å². The van der Waals surface area contributed by atoms with Crippen molar-refractivity contribution in [2.75, 3.05) is 0 Å². The van der Waals surface area contributed by atoms with E-state index < -0.39 is 0 Å². The van der Waals surface area contributed by atoms with E-state index in [2.05, 4.69) is 25.8 Å². The lowest BCUT2D eigenvalue weighted by Gasteiger charge is -2.18. The molecule has 0 unspecified atom stereocenters. The van der Waals surface area contributed by atoms with Crippen molar-refractivity contribution in [1.82, 2.24) is 4.98 Å². The zero-order valence-corrected chi connectivity index (χ0v) is 11.9. The molecule has 2 aromatic rings. The van der Waals surface area contributed by atoms with Gasteiger partial charge in [-0.3, -0.25) is 0 Å². The Hall–Kier alpha value is -0.860. The standard InChI is InChI=1S/C14H16ClNS/c1-4-14(2,3)13-16-9-12(17-13)10-5-7-11(15)8-6-10/h5-9H,4H2,1-3H3. The fourth-order valence-corrected chi connectivity index (χ4v) is 2.71. The lowest BCUT2D eigenvalue weighted by atomic mass is 9.91. The van der Waals surface area contributed by atoms with Crippen LogP contribution in [-0.2, 0) is 5.41 Å². The Balaban J connectivity index is 2.33. The summed E-state index contributed by atoms with van der Waals surface area (Å²) in [5.74, 6) is 0. The molecule has 1 aromatic carbocycles. The summed E-state index contributed by atoms with van der Waals surface area (Å²) in [4.78, 5) is 5.75. The first-order valence-corrected chi connectivity index (χ1v) is 6.94. The molecule has 2 rings (SSSR count). The van der Waals surface area contributed by atoms with E-state index in [1.165, 1.54) is 15.4 Å². The summed E-state index contributed by atoms with van der Waals surface area (Å²) in [5, 5.41) is 1.97. The Morgan fingerprint density at radius 3 is 2.47 bits per heavy atom. The Kier molecular flexibility index (Phi) is 3.55. The van der Waals surface area contributed by atoms with Gasteiger partial charge in [0.15, 0.2) is 0 Å². The van der Waals surface area contributed by atoms with Gasteiger partial charge in [-0.25, -0.2) is 4.98 Å². The molecule has 0 saturated heterocycles. The molecule has 0 amide bonds. The minimum atomic E-state index is 0.162. The van der Waals surface area contributed by atoms with Gasteiger partial charge in [0, 0.05) is 16.6 Å². The summed E-state index contributed by atoms with van der Waals surface area (Å²) >= 11 is 7.66. The Bertz CT molecular complexity index is 499. The van der Waals surface area contributed by atoms with Crippen molar-refractivity contribution in [2.24, 2.45) is 0 Å². The van der Waals surface area contributed by atoms with Gasteiger partial charge in [-0.15, -0.1) is 11.3 Å². The van der Waals surface area contributed by atoms with Crippen LogP contribution in [0.3, 0.4) is 0 Å². The largest absolute Gasteiger partial charge is 0.248 e. The minimum Gasteiger partial charge on any atom is -0.248 e. The van der Waals surface area contributed by atoms with Gasteiger partial charge in [0.25, 0.3) is 0 Å². The number of rotatable bonds is 3. The van der Waals surface area contributed by atoms with Crippen molar-refractivity contribution in [3.8, 4) is 10.4 Å². The van der Waals surface area contributed by atoms with E-state index in [9.17, 15) is 0 Å². The molecule has 3 heteroatoms. The van der Waals surface area contributed by atoms with Gasteiger partial charge in [0.2, 0.25) is 0 Å². The second-order valence-corrected chi connectivity index (χ2v) is 6.24. The molecule has 1 aromatic heterocycles. The maximum atomic E-state index is 5.89. The van der Waals surface area contributed by atoms with Gasteiger partial charge in [-0.2, -0.15) is 0 Å². The number of hydrogen-bond acceptors (Lipinski definition) is 2. The van der Waals surface area contributed by atoms with Crippen molar-refractivity contribution >= 4 is 22.9 Å². The molecule has 0 fully saturated rings. The van der Waals surface area contributed by atoms with Gasteiger partial charge >= 0.3 is 0 Å². The first kappa shape index (κ1) is 12.6. The van der Waals surface area contributed by atoms with E-state index >= 15 is 0 Å². The highest BCUT2D eigenvalue weighted by Crippen LogP contribution is 2.34. The normalized spacial score (nSPS) is 11.8. The maximum Gasteiger partial charge on any atom is 0.0987 e. The fraction of sp³-hybridized carbons (Fsp3) is 0.357. The summed E-state index contributed by atoms with van der Waals surface area (Å²) in [6, 6.07) is 7.92. The predicted octanol–water partition coefficient (Wildman–Crippen LogP) is 5.15. The van der Waals surface area contributed by atoms with E-state index in [1.807, 2.05) is 30.5 Å². The molecule has 0 aliphatic rings. The lowest BCUT2D eigenvalue weighted by Crippen LogP contribution is -2.14. The topological polar surface area (TPSA) is 12.9 Å². The molecular formula is C14H16ClNS. The first-order valence-electron chi connectivity index (χ1n) is 5.75.